The van der Waals surface area contributed by atoms with Gasteiger partial charge in [-0.1, -0.05) is 82.2 Å². The van der Waals surface area contributed by atoms with Crippen LogP contribution < -0.4 is 15.5 Å². The molecule has 3 fully saturated rings. The lowest BCUT2D eigenvalue weighted by Gasteiger charge is -2.35. The Balaban J connectivity index is 1.12. The minimum Gasteiger partial charge on any atom is -0.353 e. The highest BCUT2D eigenvalue weighted by Crippen LogP contribution is 2.36. The largest absolute Gasteiger partial charge is 0.353 e. The molecule has 0 spiro atoms. The number of nitrogens with one attached hydrogen (secondary N) is 3. The highest BCUT2D eigenvalue weighted by atomic mass is 16.2. The summed E-state index contributed by atoms with van der Waals surface area (Å²) in [4.78, 5) is 36.6. The predicted octanol–water partition coefficient (Wildman–Crippen LogP) is 4.88. The third-order valence-electron chi connectivity index (χ3n) is 8.95. The maximum atomic E-state index is 13.8. The number of amides is 3. The monoisotopic (exact) mass is 559 g/mol. The number of hydrogen-bond donors (Lipinski definition) is 3. The number of carbonyl (C=O) groups is 2. The van der Waals surface area contributed by atoms with E-state index in [2.05, 4.69) is 27.4 Å². The zero-order valence-corrected chi connectivity index (χ0v) is 24.4. The first kappa shape index (κ1) is 28.9. The average molecular weight is 560 g/mol. The number of nitrogens with zero attached hydrogens (tertiary/aromatic N) is 4. The molecule has 0 radical (unpaired) electrons. The van der Waals surface area contributed by atoms with Gasteiger partial charge in [0.15, 0.2) is 5.96 Å². The van der Waals surface area contributed by atoms with Crippen molar-refractivity contribution in [1.29, 1.82) is 5.41 Å². The lowest BCUT2D eigenvalue weighted by Crippen LogP contribution is -2.51. The summed E-state index contributed by atoms with van der Waals surface area (Å²) in [7, 11) is 0. The van der Waals surface area contributed by atoms with Crippen LogP contribution >= 0.6 is 0 Å². The van der Waals surface area contributed by atoms with E-state index in [9.17, 15) is 9.59 Å². The molecule has 5 rings (SSSR count). The average Bonchev–Trinajstić information content (AvgIpc) is 3.24. The summed E-state index contributed by atoms with van der Waals surface area (Å²) in [6, 6.07) is 13.8. The van der Waals surface area contributed by atoms with Gasteiger partial charge in [-0.3, -0.25) is 15.1 Å². The fraction of sp³-hybridized carbons (Fsp3) is 0.562. The van der Waals surface area contributed by atoms with Gasteiger partial charge in [-0.15, -0.1) is 0 Å². The number of carbonyl (C=O) groups excluding carboxylic acids is 2. The first-order valence-electron chi connectivity index (χ1n) is 15.4. The van der Waals surface area contributed by atoms with Crippen LogP contribution in [0.2, 0.25) is 0 Å². The third-order valence-corrected chi connectivity index (χ3v) is 8.95. The summed E-state index contributed by atoms with van der Waals surface area (Å²) < 4.78 is 0. The summed E-state index contributed by atoms with van der Waals surface area (Å²) in [6.45, 7) is 5.83. The lowest BCUT2D eigenvalue weighted by molar-refractivity contribution is -0.132. The molecule has 1 saturated carbocycles. The van der Waals surface area contributed by atoms with E-state index in [-0.39, 0.29) is 17.9 Å². The van der Waals surface area contributed by atoms with Crippen molar-refractivity contribution in [2.24, 2.45) is 5.92 Å². The van der Waals surface area contributed by atoms with Crippen LogP contribution in [0.25, 0.3) is 0 Å². The van der Waals surface area contributed by atoms with E-state index in [0.717, 1.165) is 55.7 Å². The molecular weight excluding hydrogens is 514 g/mol. The van der Waals surface area contributed by atoms with Gasteiger partial charge in [-0.2, -0.15) is 0 Å². The third kappa shape index (κ3) is 7.00. The Labute approximate surface area is 244 Å². The molecule has 3 aliphatic rings. The first-order chi connectivity index (χ1) is 20.0. The van der Waals surface area contributed by atoms with Crippen LogP contribution in [0.1, 0.15) is 75.8 Å². The van der Waals surface area contributed by atoms with Crippen molar-refractivity contribution >= 4 is 23.7 Å². The fourth-order valence-electron chi connectivity index (χ4n) is 6.54. The number of hydrogen-bond acceptors (Lipinski definition) is 5. The van der Waals surface area contributed by atoms with Crippen molar-refractivity contribution in [3.63, 3.8) is 0 Å². The maximum Gasteiger partial charge on any atom is 0.317 e. The summed E-state index contributed by atoms with van der Waals surface area (Å²) >= 11 is 0. The molecule has 1 aliphatic carbocycles. The van der Waals surface area contributed by atoms with Crippen LogP contribution in [-0.2, 0) is 17.9 Å². The highest BCUT2D eigenvalue weighted by Gasteiger charge is 2.49. The number of aromatic nitrogens is 1. The molecule has 3 N–H and O–H groups in total. The Kier molecular flexibility index (Phi) is 9.42. The molecule has 41 heavy (non-hydrogen) atoms. The molecule has 2 aliphatic heterocycles. The fourth-order valence-corrected chi connectivity index (χ4v) is 6.54. The normalized spacial score (nSPS) is 21.7. The van der Waals surface area contributed by atoms with Crippen molar-refractivity contribution in [2.75, 3.05) is 31.1 Å². The molecule has 9 nitrogen and oxygen atoms in total. The van der Waals surface area contributed by atoms with Gasteiger partial charge in [0.1, 0.15) is 11.4 Å². The minimum atomic E-state index is -0.636. The molecule has 2 aromatic rings. The Bertz CT molecular complexity index is 1170. The number of benzene rings is 1. The van der Waals surface area contributed by atoms with Gasteiger partial charge in [0.05, 0.1) is 6.54 Å². The zero-order chi connectivity index (χ0) is 28.7. The van der Waals surface area contributed by atoms with E-state index in [1.54, 1.807) is 11.1 Å². The molecule has 1 aromatic heterocycles. The van der Waals surface area contributed by atoms with Crippen LogP contribution in [0, 0.1) is 11.3 Å². The molecule has 1 unspecified atom stereocenters. The number of unbranched alkanes of at least 4 members (excludes halogenated alkanes) is 1. The molecule has 0 bridgehead atoms. The predicted molar refractivity (Wildman–Crippen MR) is 162 cm³/mol. The molecule has 220 valence electrons. The Morgan fingerprint density at radius 2 is 1.78 bits per heavy atom. The van der Waals surface area contributed by atoms with Crippen molar-refractivity contribution in [2.45, 2.75) is 83.3 Å². The van der Waals surface area contributed by atoms with E-state index in [1.807, 2.05) is 47.4 Å². The molecular formula is C32H45N7O2. The van der Waals surface area contributed by atoms with Crippen LogP contribution in [0.5, 0.6) is 0 Å². The van der Waals surface area contributed by atoms with E-state index >= 15 is 0 Å². The van der Waals surface area contributed by atoms with Gasteiger partial charge < -0.3 is 20.4 Å². The number of piperazine rings is 1. The van der Waals surface area contributed by atoms with Gasteiger partial charge in [-0.25, -0.2) is 9.78 Å². The quantitative estimate of drug-likeness (QED) is 0.385. The van der Waals surface area contributed by atoms with Crippen LogP contribution in [-0.4, -0.2) is 64.4 Å². The second kappa shape index (κ2) is 13.4. The molecule has 3 heterocycles. The number of urea groups is 1. The summed E-state index contributed by atoms with van der Waals surface area (Å²) in [5, 5.41) is 15.0. The van der Waals surface area contributed by atoms with E-state index in [1.165, 1.54) is 32.1 Å². The number of rotatable bonds is 10. The summed E-state index contributed by atoms with van der Waals surface area (Å²) in [5.41, 5.74) is 1.35. The van der Waals surface area contributed by atoms with E-state index in [0.29, 0.717) is 32.1 Å². The SMILES string of the molecule is CCCCC1(CC2CCCCC2)NC(=N)N(Cc2ccc(CNC(=O)N3CCN(c4ccccn4)CC3)cc2)C1=O. The summed E-state index contributed by atoms with van der Waals surface area (Å²) in [6.07, 6.45) is 11.6. The second-order valence-corrected chi connectivity index (χ2v) is 11.9. The maximum absolute atomic E-state index is 13.8. The Morgan fingerprint density at radius 1 is 1.05 bits per heavy atom. The topological polar surface area (TPSA) is 105 Å². The molecule has 1 aromatic carbocycles. The second-order valence-electron chi connectivity index (χ2n) is 11.9. The van der Waals surface area contributed by atoms with Crippen LogP contribution in [0.4, 0.5) is 10.6 Å². The van der Waals surface area contributed by atoms with Gasteiger partial charge in [-0.05, 0) is 42.0 Å². The van der Waals surface area contributed by atoms with Gasteiger partial charge >= 0.3 is 6.03 Å². The first-order valence-corrected chi connectivity index (χ1v) is 15.4. The van der Waals surface area contributed by atoms with Crippen LogP contribution in [0.15, 0.2) is 48.7 Å². The van der Waals surface area contributed by atoms with Crippen molar-refractivity contribution in [3.8, 4) is 0 Å². The number of pyridine rings is 1. The Hall–Kier alpha value is -3.62. The van der Waals surface area contributed by atoms with Crippen molar-refractivity contribution in [1.82, 2.24) is 25.4 Å². The molecule has 1 atom stereocenters. The van der Waals surface area contributed by atoms with Gasteiger partial charge in [0, 0.05) is 38.9 Å². The van der Waals surface area contributed by atoms with E-state index in [4.69, 9.17) is 5.41 Å². The Morgan fingerprint density at radius 3 is 2.46 bits per heavy atom. The van der Waals surface area contributed by atoms with E-state index < -0.39 is 5.54 Å². The number of anilines is 1. The smallest absolute Gasteiger partial charge is 0.317 e. The minimum absolute atomic E-state index is 0.0565. The van der Waals surface area contributed by atoms with Crippen molar-refractivity contribution in [3.05, 3.63) is 59.8 Å². The van der Waals surface area contributed by atoms with Crippen molar-refractivity contribution < 1.29 is 9.59 Å². The molecule has 9 heteroatoms. The number of guanidine groups is 1. The summed E-state index contributed by atoms with van der Waals surface area (Å²) in [5.74, 6) is 1.79. The van der Waals surface area contributed by atoms with Gasteiger partial charge in [0.25, 0.3) is 5.91 Å². The van der Waals surface area contributed by atoms with Gasteiger partial charge in [0.2, 0.25) is 0 Å². The highest BCUT2D eigenvalue weighted by molar-refractivity contribution is 6.07. The molecule has 3 amide bonds. The zero-order valence-electron chi connectivity index (χ0n) is 24.4. The van der Waals surface area contributed by atoms with Crippen LogP contribution in [0.3, 0.4) is 0 Å². The lowest BCUT2D eigenvalue weighted by atomic mass is 9.77. The standard InChI is InChI=1S/C32H45N7O2/c1-2-3-16-32(22-25-9-5-4-6-10-25)29(40)39(30(33)36-32)24-27-14-12-26(13-15-27)23-35-31(41)38-20-18-37(19-21-38)28-11-7-8-17-34-28/h7-8,11-15,17,25H,2-6,9-10,16,18-24H2,1H3,(H2,33,36)(H,35,41). The molecule has 2 saturated heterocycles.